The highest BCUT2D eigenvalue weighted by Gasteiger charge is 2.36. The largest absolute Gasteiger partial charge is 0.493 e. The van der Waals surface area contributed by atoms with Crippen molar-refractivity contribution in [2.45, 2.75) is 6.17 Å². The first-order valence-electron chi connectivity index (χ1n) is 9.90. The number of anilines is 1. The van der Waals surface area contributed by atoms with Gasteiger partial charge in [-0.3, -0.25) is 0 Å². The number of hydrogen-bond donors (Lipinski definition) is 0. The Morgan fingerprint density at radius 1 is 1.00 bits per heavy atom. The molecule has 0 bridgehead atoms. The van der Waals surface area contributed by atoms with Crippen molar-refractivity contribution in [3.8, 4) is 34.1 Å². The zero-order valence-electron chi connectivity index (χ0n) is 17.3. The van der Waals surface area contributed by atoms with Gasteiger partial charge in [-0.2, -0.15) is 5.10 Å². The topological polar surface area (TPSA) is 70.9 Å². The Morgan fingerprint density at radius 2 is 1.81 bits per heavy atom. The van der Waals surface area contributed by atoms with Crippen LogP contribution in [-0.4, -0.2) is 42.8 Å². The average molecular weight is 416 g/mol. The summed E-state index contributed by atoms with van der Waals surface area (Å²) in [5.41, 5.74) is 4.21. The molecule has 3 heterocycles. The quantitative estimate of drug-likeness (QED) is 0.502. The molecule has 0 saturated carbocycles. The van der Waals surface area contributed by atoms with Crippen molar-refractivity contribution in [3.05, 3.63) is 54.6 Å². The third-order valence-corrected chi connectivity index (χ3v) is 6.02. The van der Waals surface area contributed by atoms with Gasteiger partial charge in [-0.25, -0.2) is 9.67 Å². The summed E-state index contributed by atoms with van der Waals surface area (Å²) >= 11 is 0. The lowest BCUT2D eigenvalue weighted by Crippen LogP contribution is -2.34. The first kappa shape index (κ1) is 17.9. The minimum Gasteiger partial charge on any atom is -0.493 e. The molecule has 31 heavy (non-hydrogen) atoms. The van der Waals surface area contributed by atoms with Crippen LogP contribution in [0, 0.1) is 0 Å². The van der Waals surface area contributed by atoms with Crippen LogP contribution in [0.25, 0.3) is 21.9 Å². The van der Waals surface area contributed by atoms with Gasteiger partial charge >= 0.3 is 0 Å². The maximum absolute atomic E-state index is 5.82. The van der Waals surface area contributed by atoms with Crippen molar-refractivity contribution in [1.29, 1.82) is 0 Å². The summed E-state index contributed by atoms with van der Waals surface area (Å²) < 4.78 is 24.5. The molecule has 0 N–H and O–H groups in total. The third kappa shape index (κ3) is 2.41. The van der Waals surface area contributed by atoms with Crippen LogP contribution in [0.1, 0.15) is 11.7 Å². The summed E-state index contributed by atoms with van der Waals surface area (Å²) in [6.07, 6.45) is 2.98. The fourth-order valence-corrected chi connectivity index (χ4v) is 4.71. The van der Waals surface area contributed by atoms with E-state index < -0.39 is 0 Å². The molecular weight excluding hydrogens is 396 g/mol. The smallest absolute Gasteiger partial charge is 0.231 e. The minimum absolute atomic E-state index is 0.241. The molecule has 1 unspecified atom stereocenters. The van der Waals surface area contributed by atoms with Gasteiger partial charge in [0.2, 0.25) is 6.79 Å². The van der Waals surface area contributed by atoms with Crippen molar-refractivity contribution in [1.82, 2.24) is 14.8 Å². The van der Waals surface area contributed by atoms with Crippen molar-refractivity contribution in [2.75, 3.05) is 33.0 Å². The van der Waals surface area contributed by atoms with E-state index in [-0.39, 0.29) is 13.0 Å². The molecule has 156 valence electrons. The molecular formula is C23H20N4O4. The van der Waals surface area contributed by atoms with Gasteiger partial charge in [-0.05, 0) is 35.2 Å². The summed E-state index contributed by atoms with van der Waals surface area (Å²) in [6.45, 7) is 0.241. The second-order valence-electron chi connectivity index (χ2n) is 7.51. The molecule has 2 aliphatic rings. The number of ether oxygens (including phenoxy) is 4. The van der Waals surface area contributed by atoms with Gasteiger partial charge < -0.3 is 23.8 Å². The highest BCUT2D eigenvalue weighted by atomic mass is 16.7. The van der Waals surface area contributed by atoms with E-state index in [2.05, 4.69) is 46.3 Å². The van der Waals surface area contributed by atoms with Gasteiger partial charge in [0.25, 0.3) is 0 Å². The van der Waals surface area contributed by atoms with Crippen LogP contribution in [0.3, 0.4) is 0 Å². The van der Waals surface area contributed by atoms with Gasteiger partial charge in [0, 0.05) is 18.0 Å². The number of benzene rings is 3. The summed E-state index contributed by atoms with van der Waals surface area (Å²) in [6, 6.07) is 12.3. The van der Waals surface area contributed by atoms with Gasteiger partial charge in [0.1, 0.15) is 12.7 Å². The number of aromatic nitrogens is 3. The SMILES string of the molecule is COc1ccc2c(c1OC)C(n1cncn1)N(C)c1c-2ccc2cc3c(cc12)OCO3. The summed E-state index contributed by atoms with van der Waals surface area (Å²) in [5.74, 6) is 2.88. The Bertz CT molecular complexity index is 1320. The maximum Gasteiger partial charge on any atom is 0.231 e. The molecule has 4 aromatic rings. The highest BCUT2D eigenvalue weighted by Crippen LogP contribution is 2.53. The summed E-state index contributed by atoms with van der Waals surface area (Å²) in [7, 11) is 5.36. The molecule has 0 aliphatic carbocycles. The summed E-state index contributed by atoms with van der Waals surface area (Å²) in [4.78, 5) is 6.38. The van der Waals surface area contributed by atoms with Crippen LogP contribution in [0.4, 0.5) is 5.69 Å². The standard InChI is InChI=1S/C23H20N4O4/c1-26-21-15(5-4-13-8-18-19(9-16(13)21)31-12-30-18)14-6-7-17(28-2)22(29-3)20(14)23(26)27-11-24-10-25-27/h4-11,23H,12H2,1-3H3. The van der Waals surface area contributed by atoms with Gasteiger partial charge in [-0.1, -0.05) is 12.1 Å². The van der Waals surface area contributed by atoms with Crippen LogP contribution in [0.5, 0.6) is 23.0 Å². The molecule has 8 nitrogen and oxygen atoms in total. The molecule has 1 atom stereocenters. The second kappa shape index (κ2) is 6.53. The van der Waals surface area contributed by atoms with Gasteiger partial charge in [0.05, 0.1) is 25.5 Å². The van der Waals surface area contributed by atoms with Crippen LogP contribution >= 0.6 is 0 Å². The Morgan fingerprint density at radius 3 is 2.55 bits per heavy atom. The van der Waals surface area contributed by atoms with E-state index in [1.165, 1.54) is 6.33 Å². The molecule has 1 aromatic heterocycles. The van der Waals surface area contributed by atoms with Crippen molar-refractivity contribution in [3.63, 3.8) is 0 Å². The number of nitrogens with zero attached hydrogens (tertiary/aromatic N) is 4. The molecule has 8 heteroatoms. The molecule has 6 rings (SSSR count). The molecule has 0 spiro atoms. The van der Waals surface area contributed by atoms with E-state index >= 15 is 0 Å². The summed E-state index contributed by atoms with van der Waals surface area (Å²) in [5, 5.41) is 6.61. The fraction of sp³-hybridized carbons (Fsp3) is 0.217. The minimum atomic E-state index is -0.272. The molecule has 3 aromatic carbocycles. The van der Waals surface area contributed by atoms with E-state index in [4.69, 9.17) is 18.9 Å². The van der Waals surface area contributed by atoms with E-state index in [1.807, 2.05) is 16.8 Å². The Hall–Kier alpha value is -3.94. The lowest BCUT2D eigenvalue weighted by molar-refractivity contribution is 0.174. The van der Waals surface area contributed by atoms with Crippen LogP contribution in [0.2, 0.25) is 0 Å². The average Bonchev–Trinajstić information content (AvgIpc) is 3.48. The number of rotatable bonds is 3. The third-order valence-electron chi connectivity index (χ3n) is 6.02. The van der Waals surface area contributed by atoms with Gasteiger partial charge in [-0.15, -0.1) is 0 Å². The predicted octanol–water partition coefficient (Wildman–Crippen LogP) is 3.84. The van der Waals surface area contributed by atoms with Gasteiger partial charge in [0.15, 0.2) is 29.2 Å². The lowest BCUT2D eigenvalue weighted by Gasteiger charge is -2.39. The van der Waals surface area contributed by atoms with E-state index in [0.717, 1.165) is 44.6 Å². The van der Waals surface area contributed by atoms with E-state index in [0.29, 0.717) is 11.5 Å². The molecule has 2 aliphatic heterocycles. The lowest BCUT2D eigenvalue weighted by atomic mass is 9.88. The van der Waals surface area contributed by atoms with Crippen LogP contribution < -0.4 is 23.8 Å². The number of fused-ring (bicyclic) bond motifs is 6. The molecule has 0 amide bonds. The zero-order chi connectivity index (χ0) is 21.1. The first-order chi connectivity index (χ1) is 15.2. The fourth-order valence-electron chi connectivity index (χ4n) is 4.71. The van der Waals surface area contributed by atoms with Crippen LogP contribution in [0.15, 0.2) is 49.1 Å². The number of hydrogen-bond acceptors (Lipinski definition) is 7. The van der Waals surface area contributed by atoms with Crippen molar-refractivity contribution < 1.29 is 18.9 Å². The Kier molecular flexibility index (Phi) is 3.77. The van der Waals surface area contributed by atoms with E-state index in [9.17, 15) is 0 Å². The monoisotopic (exact) mass is 416 g/mol. The second-order valence-corrected chi connectivity index (χ2v) is 7.51. The van der Waals surface area contributed by atoms with Crippen molar-refractivity contribution >= 4 is 16.5 Å². The number of methoxy groups -OCH3 is 2. The normalized spacial score (nSPS) is 16.2. The van der Waals surface area contributed by atoms with Crippen molar-refractivity contribution in [2.24, 2.45) is 0 Å². The van der Waals surface area contributed by atoms with E-state index in [1.54, 1.807) is 20.5 Å². The Labute approximate surface area is 178 Å². The predicted molar refractivity (Wildman–Crippen MR) is 115 cm³/mol. The zero-order valence-corrected chi connectivity index (χ0v) is 17.3. The maximum atomic E-state index is 5.82. The molecule has 0 radical (unpaired) electrons. The molecule has 0 saturated heterocycles. The molecule has 0 fully saturated rings. The Balaban J connectivity index is 1.71. The highest BCUT2D eigenvalue weighted by molar-refractivity contribution is 6.05. The van der Waals surface area contributed by atoms with Crippen LogP contribution in [-0.2, 0) is 0 Å². The first-order valence-corrected chi connectivity index (χ1v) is 9.90.